The molecule has 45 heavy (non-hydrogen) atoms. The summed E-state index contributed by atoms with van der Waals surface area (Å²) in [6.07, 6.45) is 4.80. The molecule has 212 valence electrons. The van der Waals surface area contributed by atoms with Crippen molar-refractivity contribution in [3.05, 3.63) is 151 Å². The summed E-state index contributed by atoms with van der Waals surface area (Å²) in [6.45, 7) is 0. The second-order valence-electron chi connectivity index (χ2n) is 12.7. The number of hydrogen-bond donors (Lipinski definition) is 0. The van der Waals surface area contributed by atoms with Crippen molar-refractivity contribution in [1.82, 2.24) is 0 Å². The molecule has 0 radical (unpaired) electrons. The molecule has 0 saturated carbocycles. The standard InChI is InChI=1S/C44H31N/c1-2-12-30-26-31(23-22-28(30)10-1)45(42-21-7-13-29-11-3-4-14-33(29)42)32-24-25-35-38-18-9-19-39-40-20-8-17-37(44(40)41(35)27-32)34-15-5-6-16-36(34)43(38)39/h1-2,5-10,12-13,15-27H,3-4,11,14H2. The molecule has 7 aromatic carbocycles. The summed E-state index contributed by atoms with van der Waals surface area (Å²) in [7, 11) is 0. The molecular formula is C44H31N. The first-order chi connectivity index (χ1) is 22.3. The van der Waals surface area contributed by atoms with Crippen molar-refractivity contribution in [2.24, 2.45) is 0 Å². The maximum absolute atomic E-state index is 2.53. The van der Waals surface area contributed by atoms with Crippen LogP contribution in [0.3, 0.4) is 0 Å². The SMILES string of the molecule is c1ccc2c(c1)-c1cccc3c1-c1cc(N(c4ccc5ccccc5c4)c4cccc5c4CCCC5)ccc1-c1cccc-3c1-2. The van der Waals surface area contributed by atoms with Crippen molar-refractivity contribution >= 4 is 27.8 Å². The highest BCUT2D eigenvalue weighted by atomic mass is 15.1. The molecule has 0 N–H and O–H groups in total. The Morgan fingerprint density at radius 3 is 1.78 bits per heavy atom. The summed E-state index contributed by atoms with van der Waals surface area (Å²) in [5.74, 6) is 0. The van der Waals surface area contributed by atoms with Crippen LogP contribution in [0.25, 0.3) is 66.4 Å². The Balaban J connectivity index is 1.27. The number of anilines is 3. The lowest BCUT2D eigenvalue weighted by Gasteiger charge is -2.31. The van der Waals surface area contributed by atoms with E-state index in [4.69, 9.17) is 0 Å². The van der Waals surface area contributed by atoms with Gasteiger partial charge in [-0.3, -0.25) is 0 Å². The van der Waals surface area contributed by atoms with Crippen molar-refractivity contribution in [2.45, 2.75) is 25.7 Å². The van der Waals surface area contributed by atoms with E-state index in [1.807, 2.05) is 0 Å². The van der Waals surface area contributed by atoms with Gasteiger partial charge in [-0.25, -0.2) is 0 Å². The summed E-state index contributed by atoms with van der Waals surface area (Å²) < 4.78 is 0. The molecule has 0 spiro atoms. The minimum Gasteiger partial charge on any atom is -0.310 e. The van der Waals surface area contributed by atoms with Gasteiger partial charge < -0.3 is 4.90 Å². The first-order valence-corrected chi connectivity index (χ1v) is 16.2. The largest absolute Gasteiger partial charge is 0.310 e. The van der Waals surface area contributed by atoms with Crippen molar-refractivity contribution in [3.63, 3.8) is 0 Å². The van der Waals surface area contributed by atoms with Crippen molar-refractivity contribution < 1.29 is 0 Å². The fraction of sp³-hybridized carbons (Fsp3) is 0.0909. The molecule has 7 aromatic rings. The van der Waals surface area contributed by atoms with E-state index >= 15 is 0 Å². The second-order valence-corrected chi connectivity index (χ2v) is 12.7. The molecule has 0 aromatic heterocycles. The maximum Gasteiger partial charge on any atom is 0.0496 e. The molecule has 1 heteroatoms. The van der Waals surface area contributed by atoms with Crippen LogP contribution in [0.1, 0.15) is 24.0 Å². The predicted octanol–water partition coefficient (Wildman–Crippen LogP) is 12.2. The molecule has 10 rings (SSSR count). The summed E-state index contributed by atoms with van der Waals surface area (Å²) in [5.41, 5.74) is 20.0. The number of hydrogen-bond acceptors (Lipinski definition) is 1. The van der Waals surface area contributed by atoms with Crippen molar-refractivity contribution in [1.29, 1.82) is 0 Å². The monoisotopic (exact) mass is 573 g/mol. The van der Waals surface area contributed by atoms with Gasteiger partial charge in [-0.15, -0.1) is 0 Å². The van der Waals surface area contributed by atoms with Gasteiger partial charge in [0.05, 0.1) is 0 Å². The van der Waals surface area contributed by atoms with Gasteiger partial charge in [0.2, 0.25) is 0 Å². The first kappa shape index (κ1) is 25.0. The lowest BCUT2D eigenvalue weighted by molar-refractivity contribution is 0.686. The quantitative estimate of drug-likeness (QED) is 0.203. The van der Waals surface area contributed by atoms with Gasteiger partial charge in [-0.05, 0) is 134 Å². The molecule has 6 bridgehead atoms. The number of rotatable bonds is 3. The Hall–Kier alpha value is -5.40. The van der Waals surface area contributed by atoms with E-state index in [0.717, 1.165) is 12.8 Å². The van der Waals surface area contributed by atoms with Gasteiger partial charge in [0.25, 0.3) is 0 Å². The summed E-state index contributed by atoms with van der Waals surface area (Å²) in [4.78, 5) is 2.53. The smallest absolute Gasteiger partial charge is 0.0496 e. The Kier molecular flexibility index (Phi) is 5.30. The van der Waals surface area contributed by atoms with Crippen LogP contribution in [-0.2, 0) is 12.8 Å². The Labute approximate surface area is 264 Å². The lowest BCUT2D eigenvalue weighted by atomic mass is 9.83. The molecule has 0 saturated heterocycles. The van der Waals surface area contributed by atoms with Crippen molar-refractivity contribution in [3.8, 4) is 55.6 Å². The van der Waals surface area contributed by atoms with Gasteiger partial charge in [-0.2, -0.15) is 0 Å². The fourth-order valence-electron chi connectivity index (χ4n) is 8.35. The zero-order valence-corrected chi connectivity index (χ0v) is 25.1. The topological polar surface area (TPSA) is 3.24 Å². The molecule has 0 amide bonds. The number of benzene rings is 7. The van der Waals surface area contributed by atoms with Crippen LogP contribution in [0.5, 0.6) is 0 Å². The molecule has 1 nitrogen and oxygen atoms in total. The van der Waals surface area contributed by atoms with Gasteiger partial charge in [0.15, 0.2) is 0 Å². The minimum absolute atomic E-state index is 1.12. The molecule has 0 unspecified atom stereocenters. The highest BCUT2D eigenvalue weighted by Gasteiger charge is 2.31. The lowest BCUT2D eigenvalue weighted by Crippen LogP contribution is -2.15. The average molecular weight is 574 g/mol. The predicted molar refractivity (Wildman–Crippen MR) is 190 cm³/mol. The molecule has 0 fully saturated rings. The van der Waals surface area contributed by atoms with Crippen LogP contribution >= 0.6 is 0 Å². The van der Waals surface area contributed by atoms with E-state index < -0.39 is 0 Å². The highest BCUT2D eigenvalue weighted by molar-refractivity contribution is 6.15. The van der Waals surface area contributed by atoms with Gasteiger partial charge in [-0.1, -0.05) is 109 Å². The Morgan fingerprint density at radius 2 is 0.956 bits per heavy atom. The highest BCUT2D eigenvalue weighted by Crippen LogP contribution is 2.57. The minimum atomic E-state index is 1.12. The van der Waals surface area contributed by atoms with Gasteiger partial charge >= 0.3 is 0 Å². The van der Waals surface area contributed by atoms with Crippen LogP contribution in [-0.4, -0.2) is 0 Å². The third-order valence-corrected chi connectivity index (χ3v) is 10.3. The Morgan fingerprint density at radius 1 is 0.378 bits per heavy atom. The molecule has 3 aliphatic rings. The normalized spacial score (nSPS) is 13.4. The third kappa shape index (κ3) is 3.61. The van der Waals surface area contributed by atoms with Crippen LogP contribution in [0, 0.1) is 0 Å². The van der Waals surface area contributed by atoms with Crippen LogP contribution in [0.15, 0.2) is 140 Å². The third-order valence-electron chi connectivity index (χ3n) is 10.3. The van der Waals surface area contributed by atoms with Crippen LogP contribution in [0.2, 0.25) is 0 Å². The van der Waals surface area contributed by atoms with E-state index in [9.17, 15) is 0 Å². The summed E-state index contributed by atoms with van der Waals surface area (Å²) in [5, 5.41) is 2.53. The molecule has 0 atom stereocenters. The van der Waals surface area contributed by atoms with Crippen molar-refractivity contribution in [2.75, 3.05) is 4.90 Å². The molecule has 0 aliphatic heterocycles. The van der Waals surface area contributed by atoms with E-state index in [-0.39, 0.29) is 0 Å². The van der Waals surface area contributed by atoms with E-state index in [1.165, 1.54) is 107 Å². The van der Waals surface area contributed by atoms with E-state index in [1.54, 1.807) is 0 Å². The first-order valence-electron chi connectivity index (χ1n) is 16.2. The maximum atomic E-state index is 2.53. The molecule has 0 heterocycles. The van der Waals surface area contributed by atoms with Crippen LogP contribution in [0.4, 0.5) is 17.1 Å². The molecular weight excluding hydrogens is 542 g/mol. The number of nitrogens with zero attached hydrogens (tertiary/aromatic N) is 1. The summed E-state index contributed by atoms with van der Waals surface area (Å²) in [6, 6.07) is 52.5. The second kappa shape index (κ2) is 9.55. The Bertz CT molecular complexity index is 2320. The zero-order valence-electron chi connectivity index (χ0n) is 25.1. The number of fused-ring (bicyclic) bond motifs is 6. The van der Waals surface area contributed by atoms with Gasteiger partial charge in [0, 0.05) is 17.1 Å². The zero-order chi connectivity index (χ0) is 29.5. The summed E-state index contributed by atoms with van der Waals surface area (Å²) >= 11 is 0. The average Bonchev–Trinajstić information content (AvgIpc) is 3.21. The van der Waals surface area contributed by atoms with Crippen LogP contribution < -0.4 is 4.90 Å². The molecule has 3 aliphatic carbocycles. The van der Waals surface area contributed by atoms with E-state index in [2.05, 4.69) is 144 Å². The fourth-order valence-corrected chi connectivity index (χ4v) is 8.35. The van der Waals surface area contributed by atoms with E-state index in [0.29, 0.717) is 0 Å². The number of aryl methyl sites for hydroxylation is 1. The van der Waals surface area contributed by atoms with Gasteiger partial charge in [0.1, 0.15) is 0 Å².